The van der Waals surface area contributed by atoms with Gasteiger partial charge < -0.3 is 4.90 Å². The smallest absolute Gasteiger partial charge is 0.317 e. The summed E-state index contributed by atoms with van der Waals surface area (Å²) in [4.78, 5) is 2.13. The zero-order valence-corrected chi connectivity index (χ0v) is 21.1. The van der Waals surface area contributed by atoms with E-state index in [1.165, 1.54) is 32.6 Å². The van der Waals surface area contributed by atoms with Crippen molar-refractivity contribution in [1.82, 2.24) is 0 Å². The third kappa shape index (κ3) is 4.67. The Kier molecular flexibility index (Phi) is 5.88. The number of fused-ring (bicyclic) bond motifs is 4. The number of rotatable bonds is 5. The van der Waals surface area contributed by atoms with Crippen molar-refractivity contribution in [3.8, 4) is 0 Å². The highest BCUT2D eigenvalue weighted by molar-refractivity contribution is 8.04. The normalized spacial score (nSPS) is 15.5. The van der Waals surface area contributed by atoms with Crippen LogP contribution in [0.25, 0.3) is 27.1 Å². The lowest BCUT2D eigenvalue weighted by Crippen LogP contribution is -2.39. The number of hydrogen-bond acceptors (Lipinski definition) is 7. The molecule has 0 radical (unpaired) electrons. The Morgan fingerprint density at radius 2 is 1.76 bits per heavy atom. The fourth-order valence-corrected chi connectivity index (χ4v) is 7.65. The molecule has 2 N–H and O–H groups in total. The van der Waals surface area contributed by atoms with Crippen LogP contribution in [-0.4, -0.2) is 31.8 Å². The van der Waals surface area contributed by atoms with Gasteiger partial charge in [-0.05, 0) is 35.7 Å². The molecule has 0 fully saturated rings. The minimum atomic E-state index is -4.40. The third-order valence-electron chi connectivity index (χ3n) is 5.14. The Balaban J connectivity index is 1.74. The van der Waals surface area contributed by atoms with Crippen LogP contribution in [0.15, 0.2) is 64.5 Å². The van der Waals surface area contributed by atoms with Crippen LogP contribution in [0.4, 0.5) is 5.69 Å². The molecule has 1 aliphatic heterocycles. The second-order valence-electron chi connectivity index (χ2n) is 7.55. The van der Waals surface area contributed by atoms with Gasteiger partial charge >= 0.3 is 10.1 Å². The van der Waals surface area contributed by atoms with Crippen LogP contribution in [0.5, 0.6) is 0 Å². The van der Waals surface area contributed by atoms with Crippen molar-refractivity contribution in [3.05, 3.63) is 69.7 Å². The molecule has 0 amide bonds. The average molecular weight is 556 g/mol. The molecule has 8 nitrogen and oxygen atoms in total. The largest absolute Gasteiger partial charge is 0.326 e. The fourth-order valence-electron chi connectivity index (χ4n) is 3.86. The van der Waals surface area contributed by atoms with E-state index in [-0.39, 0.29) is 0 Å². The minimum absolute atomic E-state index is 0.399. The summed E-state index contributed by atoms with van der Waals surface area (Å²) in [5.74, 6) is -1.38. The first kappa shape index (κ1) is 23.5. The zero-order chi connectivity index (χ0) is 24.3. The van der Waals surface area contributed by atoms with Gasteiger partial charge in [0.2, 0.25) is 5.52 Å². The van der Waals surface area contributed by atoms with Crippen LogP contribution in [0, 0.1) is 0 Å². The molecule has 34 heavy (non-hydrogen) atoms. The molecule has 0 bridgehead atoms. The van der Waals surface area contributed by atoms with E-state index in [1.54, 1.807) is 24.3 Å². The predicted molar refractivity (Wildman–Crippen MR) is 135 cm³/mol. The number of aromatic nitrogens is 1. The van der Waals surface area contributed by atoms with Crippen molar-refractivity contribution >= 4 is 87.7 Å². The molecule has 13 heteroatoms. The Labute approximate surface area is 208 Å². The second-order valence-corrected chi connectivity index (χ2v) is 13.0. The molecule has 3 aromatic carbocycles. The van der Waals surface area contributed by atoms with E-state index < -0.39 is 32.0 Å². The van der Waals surface area contributed by atoms with Gasteiger partial charge in [0.05, 0.1) is 22.2 Å². The molecule has 2 heterocycles. The van der Waals surface area contributed by atoms with E-state index in [0.29, 0.717) is 26.3 Å². The van der Waals surface area contributed by atoms with Crippen molar-refractivity contribution < 1.29 is 30.5 Å². The van der Waals surface area contributed by atoms with Crippen LogP contribution in [0.3, 0.4) is 0 Å². The lowest BCUT2D eigenvalue weighted by Gasteiger charge is -2.18. The first-order valence-electron chi connectivity index (χ1n) is 9.69. The molecule has 0 saturated heterocycles. The summed E-state index contributed by atoms with van der Waals surface area (Å²) in [6.45, 7) is 0. The van der Waals surface area contributed by atoms with E-state index in [2.05, 4.69) is 0 Å². The highest BCUT2D eigenvalue weighted by Gasteiger charge is 2.32. The Morgan fingerprint density at radius 3 is 2.50 bits per heavy atom. The van der Waals surface area contributed by atoms with E-state index >= 15 is 0 Å². The van der Waals surface area contributed by atoms with Gasteiger partial charge in [-0.15, -0.1) is 0 Å². The van der Waals surface area contributed by atoms with Crippen LogP contribution < -0.4 is 9.47 Å². The van der Waals surface area contributed by atoms with E-state index in [1.807, 2.05) is 36.4 Å². The maximum Gasteiger partial charge on any atom is 0.326 e. The molecule has 5 rings (SSSR count). The van der Waals surface area contributed by atoms with E-state index in [4.69, 9.17) is 11.6 Å². The Morgan fingerprint density at radius 1 is 1.00 bits per heavy atom. The maximum absolute atomic E-state index is 11.9. The van der Waals surface area contributed by atoms with Crippen molar-refractivity contribution in [3.63, 3.8) is 0 Å². The third-order valence-corrected chi connectivity index (χ3v) is 8.75. The van der Waals surface area contributed by atoms with Crippen LogP contribution in [0.1, 0.15) is 5.01 Å². The first-order chi connectivity index (χ1) is 16.0. The van der Waals surface area contributed by atoms with Crippen LogP contribution in [0.2, 0.25) is 5.02 Å². The summed E-state index contributed by atoms with van der Waals surface area (Å²) in [5.41, 5.74) is 1.15. The zero-order valence-electron chi connectivity index (χ0n) is 17.1. The SMILES string of the molecule is O=S(=O)(O)CN1C(=Cc2sc3ccc4ccccc4c3[n+]2CS(=O)(=O)O)Sc2ccc(Cl)cc21. The van der Waals surface area contributed by atoms with E-state index in [9.17, 15) is 25.9 Å². The van der Waals surface area contributed by atoms with Gasteiger partial charge in [0.25, 0.3) is 21.0 Å². The van der Waals surface area contributed by atoms with Gasteiger partial charge in [-0.2, -0.15) is 21.4 Å². The molecule has 0 spiro atoms. The number of thiazole rings is 1. The number of nitrogens with zero attached hydrogens (tertiary/aromatic N) is 2. The molecule has 1 aliphatic rings. The summed E-state index contributed by atoms with van der Waals surface area (Å²) in [6, 6.07) is 16.3. The quantitative estimate of drug-likeness (QED) is 0.271. The molecule has 4 aromatic rings. The molecule has 0 atom stereocenters. The number of benzene rings is 3. The highest BCUT2D eigenvalue weighted by Crippen LogP contribution is 2.48. The lowest BCUT2D eigenvalue weighted by molar-refractivity contribution is -0.648. The summed E-state index contributed by atoms with van der Waals surface area (Å²) in [6.07, 6.45) is 1.65. The second kappa shape index (κ2) is 8.48. The van der Waals surface area contributed by atoms with Gasteiger partial charge in [-0.1, -0.05) is 59.0 Å². The van der Waals surface area contributed by atoms with Gasteiger partial charge in [-0.25, -0.2) is 0 Å². The first-order valence-corrected chi connectivity index (χ1v) is 14.9. The molecule has 176 valence electrons. The van der Waals surface area contributed by atoms with Crippen molar-refractivity contribution in [1.29, 1.82) is 0 Å². The lowest BCUT2D eigenvalue weighted by atomic mass is 10.1. The van der Waals surface area contributed by atoms with Crippen molar-refractivity contribution in [2.45, 2.75) is 10.8 Å². The number of anilines is 1. The summed E-state index contributed by atoms with van der Waals surface area (Å²) in [7, 11) is -8.79. The number of halogens is 1. The molecule has 0 aliphatic carbocycles. The molecule has 0 saturated carbocycles. The standard InChI is InChI=1S/C21H15ClN2O6S4/c22-14-6-8-17-16(9-14)23(11-33(25,26)27)19(31-17)10-20-24(12-34(28,29)30)21-15-4-2-1-3-13(15)5-7-18(21)32-20/h1-10H,11-12H2,(H-,25,26,27,28,29,30)/p+1. The van der Waals surface area contributed by atoms with Crippen LogP contribution >= 0.6 is 34.7 Å². The molecule has 1 aromatic heterocycles. The van der Waals surface area contributed by atoms with Crippen molar-refractivity contribution in [2.75, 3.05) is 10.8 Å². The van der Waals surface area contributed by atoms with Crippen molar-refractivity contribution in [2.24, 2.45) is 0 Å². The van der Waals surface area contributed by atoms with E-state index in [0.717, 1.165) is 20.4 Å². The van der Waals surface area contributed by atoms with Gasteiger partial charge in [-0.3, -0.25) is 9.11 Å². The monoisotopic (exact) mass is 555 g/mol. The number of thioether (sulfide) groups is 1. The minimum Gasteiger partial charge on any atom is -0.317 e. The molecular formula is C21H16ClN2O6S4+. The average Bonchev–Trinajstić information content (AvgIpc) is 3.24. The summed E-state index contributed by atoms with van der Waals surface area (Å²) in [5, 5.41) is 3.05. The maximum atomic E-state index is 11.9. The number of hydrogen-bond donors (Lipinski definition) is 2. The fraction of sp³-hybridized carbons (Fsp3) is 0.0952. The van der Waals surface area contributed by atoms with Gasteiger partial charge in [0, 0.05) is 9.92 Å². The molecular weight excluding hydrogens is 540 g/mol. The predicted octanol–water partition coefficient (Wildman–Crippen LogP) is 4.60. The Hall–Kier alpha value is -2.19. The van der Waals surface area contributed by atoms with Gasteiger partial charge in [0.15, 0.2) is 5.88 Å². The Bertz CT molecular complexity index is 1710. The van der Waals surface area contributed by atoms with Gasteiger partial charge in [0.1, 0.15) is 4.70 Å². The topological polar surface area (TPSA) is 116 Å². The summed E-state index contributed by atoms with van der Waals surface area (Å²) < 4.78 is 68.8. The highest BCUT2D eigenvalue weighted by atomic mass is 35.5. The molecule has 0 unspecified atom stereocenters. The van der Waals surface area contributed by atoms with Crippen LogP contribution in [-0.2, 0) is 26.1 Å². The summed E-state index contributed by atoms with van der Waals surface area (Å²) >= 11 is 8.67.